The van der Waals surface area contributed by atoms with E-state index in [9.17, 15) is 31.2 Å². The molecule has 0 bridgehead atoms. The highest BCUT2D eigenvalue weighted by Crippen LogP contribution is 2.39. The Morgan fingerprint density at radius 1 is 1.20 bits per heavy atom. The molecule has 3 rings (SSSR count). The Labute approximate surface area is 209 Å². The van der Waals surface area contributed by atoms with Gasteiger partial charge in [-0.15, -0.1) is 11.6 Å². The fourth-order valence-electron chi connectivity index (χ4n) is 3.67. The summed E-state index contributed by atoms with van der Waals surface area (Å²) in [5.41, 5.74) is -1.75. The number of carbonyl (C=O) groups excluding carboxylic acids is 1. The smallest absolute Gasteiger partial charge is 0.417 e. The number of benzene rings is 1. The number of dihydropyridines is 1. The first-order chi connectivity index (χ1) is 16.2. The molecule has 1 heterocycles. The first-order valence-corrected chi connectivity index (χ1v) is 12.5. The zero-order valence-corrected chi connectivity index (χ0v) is 20.3. The van der Waals surface area contributed by atoms with E-state index in [1.807, 2.05) is 0 Å². The van der Waals surface area contributed by atoms with Crippen LogP contribution < -0.4 is 4.72 Å². The normalized spacial score (nSPS) is 23.0. The van der Waals surface area contributed by atoms with Crippen LogP contribution in [0.5, 0.6) is 0 Å². The van der Waals surface area contributed by atoms with Crippen LogP contribution in [0, 0.1) is 5.92 Å². The Morgan fingerprint density at radius 2 is 1.86 bits per heavy atom. The van der Waals surface area contributed by atoms with Crippen molar-refractivity contribution >= 4 is 50.7 Å². The van der Waals surface area contributed by atoms with E-state index in [1.54, 1.807) is 6.07 Å². The van der Waals surface area contributed by atoms with Gasteiger partial charge in [0.25, 0.3) is 0 Å². The number of carbonyl (C=O) groups is 2. The molecule has 0 amide bonds. The van der Waals surface area contributed by atoms with Crippen molar-refractivity contribution in [3.05, 3.63) is 69.9 Å². The SMILES string of the molecule is CC1C=C(Cl)C(C(F)(F)F)=CC1S(=O)(=O)NC1=CC(Cl)CN=C1C(=O)c1ccccc1CC(=O)O. The van der Waals surface area contributed by atoms with Crippen molar-refractivity contribution in [2.45, 2.75) is 30.1 Å². The van der Waals surface area contributed by atoms with Crippen LogP contribution in [-0.2, 0) is 21.2 Å². The summed E-state index contributed by atoms with van der Waals surface area (Å²) >= 11 is 11.8. The van der Waals surface area contributed by atoms with Crippen LogP contribution in [-0.4, -0.2) is 54.3 Å². The Kier molecular flexibility index (Phi) is 7.83. The lowest BCUT2D eigenvalue weighted by molar-refractivity contribution is -0.136. The van der Waals surface area contributed by atoms with Crippen LogP contribution in [0.4, 0.5) is 13.2 Å². The number of aliphatic imine (C=N–C) groups is 1. The minimum absolute atomic E-state index is 0.00762. The number of sulfonamides is 1. The van der Waals surface area contributed by atoms with E-state index in [1.165, 1.54) is 31.2 Å². The van der Waals surface area contributed by atoms with E-state index >= 15 is 0 Å². The van der Waals surface area contributed by atoms with Crippen molar-refractivity contribution in [2.75, 3.05) is 6.54 Å². The Morgan fingerprint density at radius 3 is 2.49 bits per heavy atom. The number of carboxylic acid groups (broad SMARTS) is 1. The van der Waals surface area contributed by atoms with Gasteiger partial charge < -0.3 is 5.11 Å². The molecule has 35 heavy (non-hydrogen) atoms. The lowest BCUT2D eigenvalue weighted by Crippen LogP contribution is -2.42. The zero-order valence-electron chi connectivity index (χ0n) is 18.0. The first-order valence-electron chi connectivity index (χ1n) is 10.1. The summed E-state index contributed by atoms with van der Waals surface area (Å²) < 4.78 is 68.5. The van der Waals surface area contributed by atoms with Crippen LogP contribution in [0.1, 0.15) is 22.8 Å². The maximum absolute atomic E-state index is 13.3. The molecule has 1 aromatic rings. The summed E-state index contributed by atoms with van der Waals surface area (Å²) in [6, 6.07) is 5.85. The van der Waals surface area contributed by atoms with Gasteiger partial charge in [0.15, 0.2) is 0 Å². The van der Waals surface area contributed by atoms with Crippen LogP contribution in [0.2, 0.25) is 0 Å². The van der Waals surface area contributed by atoms with Gasteiger partial charge in [0, 0.05) is 10.6 Å². The van der Waals surface area contributed by atoms with E-state index in [0.29, 0.717) is 6.08 Å². The number of hydrogen-bond acceptors (Lipinski definition) is 5. The number of ketones is 1. The highest BCUT2D eigenvalue weighted by molar-refractivity contribution is 7.90. The number of hydrogen-bond donors (Lipinski definition) is 2. The second-order valence-electron chi connectivity index (χ2n) is 7.91. The third kappa shape index (κ3) is 6.14. The fourth-order valence-corrected chi connectivity index (χ4v) is 5.80. The molecule has 1 aliphatic heterocycles. The van der Waals surface area contributed by atoms with Crippen LogP contribution in [0.3, 0.4) is 0 Å². The maximum atomic E-state index is 13.3. The Balaban J connectivity index is 1.97. The zero-order chi connectivity index (χ0) is 26.1. The van der Waals surface area contributed by atoms with Crippen molar-refractivity contribution in [3.8, 4) is 0 Å². The summed E-state index contributed by atoms with van der Waals surface area (Å²) in [5.74, 6) is -2.86. The monoisotopic (exact) mass is 550 g/mol. The van der Waals surface area contributed by atoms with E-state index in [-0.39, 0.29) is 29.1 Å². The largest absolute Gasteiger partial charge is 0.481 e. The summed E-state index contributed by atoms with van der Waals surface area (Å²) in [6.07, 6.45) is -2.59. The molecule has 2 aliphatic rings. The van der Waals surface area contributed by atoms with Crippen molar-refractivity contribution in [2.24, 2.45) is 10.9 Å². The second-order valence-corrected chi connectivity index (χ2v) is 10.7. The van der Waals surface area contributed by atoms with Gasteiger partial charge in [-0.1, -0.05) is 54.9 Å². The van der Waals surface area contributed by atoms with E-state index in [0.717, 1.165) is 6.08 Å². The van der Waals surface area contributed by atoms with Gasteiger partial charge in [-0.3, -0.25) is 19.3 Å². The summed E-state index contributed by atoms with van der Waals surface area (Å²) in [7, 11) is -4.53. The van der Waals surface area contributed by atoms with Crippen molar-refractivity contribution < 1.29 is 36.3 Å². The molecule has 3 unspecified atom stereocenters. The van der Waals surface area contributed by atoms with Gasteiger partial charge in [-0.05, 0) is 17.6 Å². The fraction of sp³-hybridized carbons (Fsp3) is 0.318. The van der Waals surface area contributed by atoms with Crippen LogP contribution in [0.25, 0.3) is 0 Å². The van der Waals surface area contributed by atoms with E-state index in [2.05, 4.69) is 9.71 Å². The van der Waals surface area contributed by atoms with Crippen LogP contribution >= 0.6 is 23.2 Å². The number of allylic oxidation sites excluding steroid dienone is 4. The number of nitrogens with one attached hydrogen (secondary N) is 1. The topological polar surface area (TPSA) is 113 Å². The molecule has 13 heteroatoms. The number of nitrogens with zero attached hydrogens (tertiary/aromatic N) is 1. The summed E-state index contributed by atoms with van der Waals surface area (Å²) in [6.45, 7) is 1.32. The molecule has 1 aromatic carbocycles. The lowest BCUT2D eigenvalue weighted by atomic mass is 9.96. The molecule has 2 N–H and O–H groups in total. The molecule has 0 saturated heterocycles. The van der Waals surface area contributed by atoms with Gasteiger partial charge in [0.2, 0.25) is 15.8 Å². The lowest BCUT2D eigenvalue weighted by Gasteiger charge is -2.27. The number of rotatable bonds is 7. The maximum Gasteiger partial charge on any atom is 0.417 e. The molecule has 0 fully saturated rings. The molecule has 0 radical (unpaired) electrons. The minimum Gasteiger partial charge on any atom is -0.481 e. The number of alkyl halides is 4. The standard InChI is InChI=1S/C22H19Cl2F3N2O5S/c1-11-6-16(24)15(22(25,26)27)9-18(11)35(33,34)29-17-8-13(23)10-28-20(17)21(32)14-5-3-2-4-12(14)7-19(30)31/h2-6,8-9,11,13,18,29H,7,10H2,1H3,(H,30,31). The average molecular weight is 551 g/mol. The van der Waals surface area contributed by atoms with Gasteiger partial charge in [0.1, 0.15) is 11.0 Å². The van der Waals surface area contributed by atoms with Gasteiger partial charge in [0.05, 0.1) is 29.6 Å². The molecular formula is C22H19Cl2F3N2O5S. The highest BCUT2D eigenvalue weighted by Gasteiger charge is 2.42. The van der Waals surface area contributed by atoms with Crippen molar-refractivity contribution in [1.82, 2.24) is 4.72 Å². The summed E-state index contributed by atoms with van der Waals surface area (Å²) in [4.78, 5) is 28.5. The highest BCUT2D eigenvalue weighted by atomic mass is 35.5. The predicted molar refractivity (Wildman–Crippen MR) is 125 cm³/mol. The Hall–Kier alpha value is -2.63. The van der Waals surface area contributed by atoms with Gasteiger partial charge in [-0.25, -0.2) is 8.42 Å². The number of carboxylic acids is 1. The van der Waals surface area contributed by atoms with Gasteiger partial charge in [-0.2, -0.15) is 13.2 Å². The van der Waals surface area contributed by atoms with E-state index in [4.69, 9.17) is 28.3 Å². The molecular weight excluding hydrogens is 532 g/mol. The first kappa shape index (κ1) is 27.0. The van der Waals surface area contributed by atoms with E-state index < -0.39 is 61.5 Å². The number of Topliss-reactive ketones (excluding diaryl/α,β-unsaturated/α-hetero) is 1. The number of halogens is 5. The third-order valence-corrected chi connectivity index (χ3v) is 7.66. The summed E-state index contributed by atoms with van der Waals surface area (Å²) in [5, 5.41) is 6.07. The van der Waals surface area contributed by atoms with Crippen LogP contribution in [0.15, 0.2) is 63.8 Å². The molecule has 0 saturated carbocycles. The Bertz CT molecular complexity index is 1290. The van der Waals surface area contributed by atoms with Gasteiger partial charge >= 0.3 is 12.1 Å². The number of aliphatic carboxylic acids is 1. The quantitative estimate of drug-likeness (QED) is 0.393. The third-order valence-electron chi connectivity index (χ3n) is 5.28. The minimum atomic E-state index is -4.87. The molecule has 7 nitrogen and oxygen atoms in total. The molecule has 188 valence electrons. The molecule has 1 aliphatic carbocycles. The van der Waals surface area contributed by atoms with Crippen molar-refractivity contribution in [1.29, 1.82) is 0 Å². The van der Waals surface area contributed by atoms with Crippen molar-refractivity contribution in [3.63, 3.8) is 0 Å². The molecule has 0 aromatic heterocycles. The molecule has 0 spiro atoms. The second kappa shape index (κ2) is 10.2. The predicted octanol–water partition coefficient (Wildman–Crippen LogP) is 3.99. The molecule has 3 atom stereocenters. The average Bonchev–Trinajstić information content (AvgIpc) is 2.72.